The van der Waals surface area contributed by atoms with Gasteiger partial charge in [-0.2, -0.15) is 17.7 Å². The van der Waals surface area contributed by atoms with E-state index in [2.05, 4.69) is 149 Å². The maximum Gasteiger partial charge on any atom is 0.490 e. The fraction of sp³-hybridized carbons (Fsp3) is 0.231. The van der Waals surface area contributed by atoms with Crippen molar-refractivity contribution >= 4 is 46.2 Å². The van der Waals surface area contributed by atoms with Crippen molar-refractivity contribution < 1.29 is 27.6 Å². The van der Waals surface area contributed by atoms with Crippen LogP contribution in [-0.4, -0.2) is 55.9 Å². The molecule has 0 unspecified atom stereocenters. The lowest BCUT2D eigenvalue weighted by atomic mass is 10.0. The number of carbonyl (C=O) groups is 1. The van der Waals surface area contributed by atoms with E-state index in [4.69, 9.17) is 9.90 Å². The van der Waals surface area contributed by atoms with Crippen LogP contribution in [-0.2, 0) is 17.8 Å². The van der Waals surface area contributed by atoms with Crippen LogP contribution in [0.4, 0.5) is 24.7 Å². The van der Waals surface area contributed by atoms with Crippen LogP contribution in [0.1, 0.15) is 23.1 Å². The van der Waals surface area contributed by atoms with Gasteiger partial charge in [0.2, 0.25) is 0 Å². The van der Waals surface area contributed by atoms with Gasteiger partial charge in [0.25, 0.3) is 5.82 Å². The van der Waals surface area contributed by atoms with Crippen molar-refractivity contribution in [2.24, 2.45) is 0 Å². The monoisotopic (exact) mass is 683 g/mol. The summed E-state index contributed by atoms with van der Waals surface area (Å²) in [4.78, 5) is 17.7. The SMILES string of the molecule is CN(C)CCN(Cc1ccccc1)c1cc(/C=C2/Sc3cccc4c3N2CCC4)c2ccccc2[n+]1-c1ccccc1.O=C(O)C(F)(F)F. The summed E-state index contributed by atoms with van der Waals surface area (Å²) in [5.74, 6) is -1.55. The van der Waals surface area contributed by atoms with Gasteiger partial charge in [0.05, 0.1) is 17.3 Å². The van der Waals surface area contributed by atoms with Gasteiger partial charge in [-0.05, 0) is 74.0 Å². The Morgan fingerprint density at radius 1 is 0.918 bits per heavy atom. The van der Waals surface area contributed by atoms with Crippen molar-refractivity contribution in [2.45, 2.75) is 30.5 Å². The molecule has 0 bridgehead atoms. The number of nitrogens with zero attached hydrogens (tertiary/aromatic N) is 4. The van der Waals surface area contributed by atoms with E-state index in [1.165, 1.54) is 67.6 Å². The lowest BCUT2D eigenvalue weighted by Gasteiger charge is -2.27. The molecule has 0 radical (unpaired) electrons. The molecule has 0 atom stereocenters. The van der Waals surface area contributed by atoms with E-state index in [9.17, 15) is 13.2 Å². The molecule has 0 amide bonds. The maximum absolute atomic E-state index is 10.6. The molecule has 49 heavy (non-hydrogen) atoms. The van der Waals surface area contributed by atoms with Crippen LogP contribution >= 0.6 is 11.8 Å². The molecule has 10 heteroatoms. The van der Waals surface area contributed by atoms with Gasteiger partial charge < -0.3 is 14.9 Å². The number of benzene rings is 4. The number of likely N-dealkylation sites (N-methyl/N-ethyl adjacent to an activating group) is 1. The van der Waals surface area contributed by atoms with Crippen LogP contribution < -0.4 is 14.4 Å². The summed E-state index contributed by atoms with van der Waals surface area (Å²) in [6.45, 7) is 3.80. The lowest BCUT2D eigenvalue weighted by molar-refractivity contribution is -0.554. The first kappa shape index (κ1) is 34.1. The number of aryl methyl sites for hydroxylation is 1. The van der Waals surface area contributed by atoms with Crippen LogP contribution in [0.3, 0.4) is 0 Å². The van der Waals surface area contributed by atoms with Crippen LogP contribution in [0, 0.1) is 0 Å². The third-order valence-corrected chi connectivity index (χ3v) is 9.62. The van der Waals surface area contributed by atoms with Crippen molar-refractivity contribution in [1.29, 1.82) is 0 Å². The molecule has 3 heterocycles. The molecular formula is C39H38F3N4O2S+. The standard InChI is InChI=1S/C37H37N4S.C2HF3O2/c1-38(2)23-24-39(27-28-13-5-3-6-14-28)35-25-30(26-36-40-22-12-16-29-15-11-21-34(42-36)37(29)40)32-19-9-10-20-33(32)41(35)31-17-7-4-8-18-31;3-2(4,5)1(6)7/h3-11,13-15,17-21,25-26H,12,16,22-24,27H2,1-2H3;(H,6,7)/q+1;. The smallest absolute Gasteiger partial charge is 0.475 e. The summed E-state index contributed by atoms with van der Waals surface area (Å²) in [5.41, 5.74) is 7.87. The Morgan fingerprint density at radius 3 is 2.29 bits per heavy atom. The predicted molar refractivity (Wildman–Crippen MR) is 191 cm³/mol. The Kier molecular flexibility index (Phi) is 10.3. The number of hydrogen-bond donors (Lipinski definition) is 1. The van der Waals surface area contributed by atoms with Crippen molar-refractivity contribution in [2.75, 3.05) is 43.5 Å². The zero-order valence-corrected chi connectivity index (χ0v) is 28.2. The van der Waals surface area contributed by atoms with E-state index in [0.717, 1.165) is 26.2 Å². The van der Waals surface area contributed by atoms with E-state index in [1.54, 1.807) is 0 Å². The topological polar surface area (TPSA) is 50.9 Å². The number of carboxylic acids is 1. The molecule has 4 aromatic carbocycles. The second kappa shape index (κ2) is 14.8. The van der Waals surface area contributed by atoms with Crippen molar-refractivity contribution in [1.82, 2.24) is 4.90 Å². The zero-order valence-electron chi connectivity index (χ0n) is 27.4. The first-order chi connectivity index (χ1) is 23.6. The largest absolute Gasteiger partial charge is 0.490 e. The van der Waals surface area contributed by atoms with Gasteiger partial charge in [-0.3, -0.25) is 4.90 Å². The Bertz CT molecular complexity index is 1970. The summed E-state index contributed by atoms with van der Waals surface area (Å²) in [6.07, 6.45) is -0.282. The Balaban J connectivity index is 0.000000540. The molecular weight excluding hydrogens is 646 g/mol. The maximum atomic E-state index is 10.6. The molecule has 0 spiro atoms. The first-order valence-corrected chi connectivity index (χ1v) is 17.0. The molecule has 7 rings (SSSR count). The quantitative estimate of drug-likeness (QED) is 0.167. The van der Waals surface area contributed by atoms with Gasteiger partial charge in [0, 0.05) is 29.4 Å². The number of aromatic nitrogens is 1. The van der Waals surface area contributed by atoms with E-state index in [-0.39, 0.29) is 0 Å². The Hall–Kier alpha value is -4.80. The Morgan fingerprint density at radius 2 is 1.59 bits per heavy atom. The number of fused-ring (bicyclic) bond motifs is 1. The predicted octanol–water partition coefficient (Wildman–Crippen LogP) is 8.17. The van der Waals surface area contributed by atoms with Crippen LogP contribution in [0.25, 0.3) is 22.7 Å². The number of thioether (sulfide) groups is 1. The van der Waals surface area contributed by atoms with E-state index in [0.29, 0.717) is 0 Å². The highest BCUT2D eigenvalue weighted by atomic mass is 32.2. The number of para-hydroxylation sites is 3. The number of hydrogen-bond acceptors (Lipinski definition) is 5. The fourth-order valence-electron chi connectivity index (χ4n) is 6.24. The fourth-order valence-corrected chi connectivity index (χ4v) is 7.43. The summed E-state index contributed by atoms with van der Waals surface area (Å²) in [7, 11) is 4.31. The number of anilines is 2. The molecule has 6 nitrogen and oxygen atoms in total. The molecule has 2 aliphatic rings. The van der Waals surface area contributed by atoms with E-state index < -0.39 is 12.1 Å². The number of alkyl halides is 3. The minimum Gasteiger partial charge on any atom is -0.475 e. The highest BCUT2D eigenvalue weighted by molar-refractivity contribution is 8.03. The highest BCUT2D eigenvalue weighted by Gasteiger charge is 2.38. The molecule has 0 saturated heterocycles. The zero-order chi connectivity index (χ0) is 34.5. The lowest BCUT2D eigenvalue weighted by Crippen LogP contribution is -2.43. The molecule has 1 N–H and O–H groups in total. The van der Waals surface area contributed by atoms with Gasteiger partial charge in [0.1, 0.15) is 17.7 Å². The minimum absolute atomic E-state index is 0.839. The average molecular weight is 684 g/mol. The third kappa shape index (κ3) is 7.76. The van der Waals surface area contributed by atoms with Crippen LogP contribution in [0.2, 0.25) is 0 Å². The molecule has 1 aromatic heterocycles. The van der Waals surface area contributed by atoms with E-state index >= 15 is 0 Å². The Labute approximate surface area is 288 Å². The summed E-state index contributed by atoms with van der Waals surface area (Å²) < 4.78 is 34.2. The van der Waals surface area contributed by atoms with Crippen LogP contribution in [0.15, 0.2) is 119 Å². The van der Waals surface area contributed by atoms with Gasteiger partial charge in [0.15, 0.2) is 0 Å². The second-order valence-corrected chi connectivity index (χ2v) is 13.3. The molecule has 252 valence electrons. The van der Waals surface area contributed by atoms with Gasteiger partial charge in [-0.15, -0.1) is 0 Å². The van der Waals surface area contributed by atoms with Gasteiger partial charge >= 0.3 is 12.1 Å². The normalized spacial score (nSPS) is 14.5. The molecule has 0 saturated carbocycles. The number of carboxylic acid groups (broad SMARTS) is 1. The van der Waals surface area contributed by atoms with E-state index in [1.807, 2.05) is 11.8 Å². The third-order valence-electron chi connectivity index (χ3n) is 8.52. The number of rotatable bonds is 8. The van der Waals surface area contributed by atoms with Gasteiger partial charge in [-0.25, -0.2) is 4.79 Å². The van der Waals surface area contributed by atoms with Crippen LogP contribution in [0.5, 0.6) is 0 Å². The summed E-state index contributed by atoms with van der Waals surface area (Å²) >= 11 is 1.92. The average Bonchev–Trinajstić information content (AvgIpc) is 3.45. The molecule has 0 fully saturated rings. The number of aliphatic carboxylic acids is 1. The van der Waals surface area contributed by atoms with Crippen molar-refractivity contribution in [3.05, 3.63) is 131 Å². The molecule has 2 aliphatic heterocycles. The second-order valence-electron chi connectivity index (χ2n) is 12.3. The first-order valence-electron chi connectivity index (χ1n) is 16.2. The highest BCUT2D eigenvalue weighted by Crippen LogP contribution is 2.50. The van der Waals surface area contributed by atoms with Crippen molar-refractivity contribution in [3.8, 4) is 5.69 Å². The number of halogens is 3. The van der Waals surface area contributed by atoms with Crippen molar-refractivity contribution in [3.63, 3.8) is 0 Å². The summed E-state index contributed by atoms with van der Waals surface area (Å²) in [6, 6.07) is 39.8. The molecule has 0 aliphatic carbocycles. The van der Waals surface area contributed by atoms with Gasteiger partial charge in [-0.1, -0.05) is 90.6 Å². The summed E-state index contributed by atoms with van der Waals surface area (Å²) in [5, 5.41) is 9.72. The minimum atomic E-state index is -5.08. The number of pyridine rings is 1. The molecule has 5 aromatic rings.